The molecule has 0 atom stereocenters. The van der Waals surface area contributed by atoms with E-state index in [1.165, 1.54) is 6.07 Å². The second kappa shape index (κ2) is 5.58. The van der Waals surface area contributed by atoms with Crippen LogP contribution in [0.1, 0.15) is 25.5 Å². The maximum absolute atomic E-state index is 14.0. The van der Waals surface area contributed by atoms with Crippen LogP contribution in [-0.2, 0) is 0 Å². The molecule has 0 fully saturated rings. The van der Waals surface area contributed by atoms with Gasteiger partial charge >= 0.3 is 0 Å². The number of anilines is 1. The highest BCUT2D eigenvalue weighted by molar-refractivity contribution is 14.1. The van der Waals surface area contributed by atoms with Crippen molar-refractivity contribution in [3.8, 4) is 11.4 Å². The third-order valence-corrected chi connectivity index (χ3v) is 4.04. The average Bonchev–Trinajstić information content (AvgIpc) is 2.35. The topological polar surface area (TPSA) is 51.8 Å². The van der Waals surface area contributed by atoms with Gasteiger partial charge in [0.25, 0.3) is 0 Å². The third-order valence-electron chi connectivity index (χ3n) is 2.64. The summed E-state index contributed by atoms with van der Waals surface area (Å²) in [6.07, 6.45) is 0. The zero-order valence-electron chi connectivity index (χ0n) is 10.4. The van der Waals surface area contributed by atoms with Gasteiger partial charge < -0.3 is 5.73 Å². The van der Waals surface area contributed by atoms with Gasteiger partial charge in [-0.2, -0.15) is 0 Å². The van der Waals surface area contributed by atoms with Gasteiger partial charge in [-0.25, -0.2) is 14.4 Å². The van der Waals surface area contributed by atoms with E-state index < -0.39 is 5.82 Å². The Labute approximate surface area is 129 Å². The van der Waals surface area contributed by atoms with Crippen molar-refractivity contribution in [1.82, 2.24) is 9.97 Å². The molecular formula is C13H12ClFIN3. The fourth-order valence-corrected chi connectivity index (χ4v) is 2.70. The lowest BCUT2D eigenvalue weighted by molar-refractivity contribution is 0.630. The summed E-state index contributed by atoms with van der Waals surface area (Å²) in [6.45, 7) is 4.00. The van der Waals surface area contributed by atoms with Crippen LogP contribution in [0.2, 0.25) is 5.02 Å². The summed E-state index contributed by atoms with van der Waals surface area (Å²) < 4.78 is 14.8. The molecule has 0 bridgehead atoms. The summed E-state index contributed by atoms with van der Waals surface area (Å²) in [5.41, 5.74) is 6.94. The van der Waals surface area contributed by atoms with Crippen LogP contribution in [0.25, 0.3) is 11.4 Å². The van der Waals surface area contributed by atoms with E-state index in [9.17, 15) is 4.39 Å². The predicted octanol–water partition coefficient (Wildman–Crippen LogP) is 4.25. The number of nitrogens with zero attached hydrogens (tertiary/aromatic N) is 2. The number of hydrogen-bond acceptors (Lipinski definition) is 3. The van der Waals surface area contributed by atoms with Gasteiger partial charge in [0.05, 0.1) is 19.9 Å². The first-order valence-electron chi connectivity index (χ1n) is 5.69. The van der Waals surface area contributed by atoms with Crippen molar-refractivity contribution in [2.24, 2.45) is 0 Å². The number of rotatable bonds is 2. The van der Waals surface area contributed by atoms with Crippen molar-refractivity contribution in [3.05, 3.63) is 38.3 Å². The lowest BCUT2D eigenvalue weighted by Crippen LogP contribution is -2.07. The molecule has 0 saturated carbocycles. The van der Waals surface area contributed by atoms with Crippen LogP contribution in [0, 0.1) is 9.39 Å². The van der Waals surface area contributed by atoms with Gasteiger partial charge in [0.15, 0.2) is 11.6 Å². The number of aromatic nitrogens is 2. The van der Waals surface area contributed by atoms with E-state index in [-0.39, 0.29) is 22.3 Å². The van der Waals surface area contributed by atoms with E-state index in [0.29, 0.717) is 5.82 Å². The first kappa shape index (κ1) is 14.5. The molecule has 19 heavy (non-hydrogen) atoms. The van der Waals surface area contributed by atoms with E-state index in [2.05, 4.69) is 32.6 Å². The van der Waals surface area contributed by atoms with Crippen molar-refractivity contribution in [2.75, 3.05) is 5.73 Å². The number of benzene rings is 1. The maximum atomic E-state index is 14.0. The zero-order chi connectivity index (χ0) is 14.2. The van der Waals surface area contributed by atoms with Crippen LogP contribution in [0.4, 0.5) is 10.2 Å². The molecule has 0 aliphatic rings. The van der Waals surface area contributed by atoms with Crippen molar-refractivity contribution >= 4 is 40.0 Å². The molecule has 2 aromatic rings. The molecule has 0 aliphatic heterocycles. The molecule has 0 saturated heterocycles. The van der Waals surface area contributed by atoms with Crippen LogP contribution >= 0.6 is 34.2 Å². The normalized spacial score (nSPS) is 11.1. The van der Waals surface area contributed by atoms with Crippen molar-refractivity contribution in [3.63, 3.8) is 0 Å². The Kier molecular flexibility index (Phi) is 4.25. The minimum Gasteiger partial charge on any atom is -0.383 e. The Hall–Kier alpha value is -0.950. The van der Waals surface area contributed by atoms with E-state index >= 15 is 0 Å². The van der Waals surface area contributed by atoms with Crippen LogP contribution < -0.4 is 5.73 Å². The Bertz CT molecular complexity index is 632. The molecular weight excluding hydrogens is 380 g/mol. The maximum Gasteiger partial charge on any atom is 0.164 e. The average molecular weight is 392 g/mol. The van der Waals surface area contributed by atoms with Gasteiger partial charge in [-0.05, 0) is 40.6 Å². The number of nitrogens with two attached hydrogens (primary N) is 1. The largest absolute Gasteiger partial charge is 0.383 e. The smallest absolute Gasteiger partial charge is 0.164 e. The summed E-state index contributed by atoms with van der Waals surface area (Å²) in [6, 6.07) is 4.74. The van der Waals surface area contributed by atoms with E-state index in [1.54, 1.807) is 12.1 Å². The van der Waals surface area contributed by atoms with Gasteiger partial charge in [-0.1, -0.05) is 31.5 Å². The highest BCUT2D eigenvalue weighted by Crippen LogP contribution is 2.29. The van der Waals surface area contributed by atoms with Crippen LogP contribution in [0.5, 0.6) is 0 Å². The fraction of sp³-hybridized carbons (Fsp3) is 0.231. The van der Waals surface area contributed by atoms with E-state index in [4.69, 9.17) is 17.3 Å². The molecule has 1 heterocycles. The summed E-state index contributed by atoms with van der Waals surface area (Å²) in [5.74, 6) is 0.271. The number of hydrogen-bond donors (Lipinski definition) is 1. The molecule has 100 valence electrons. The molecule has 0 aliphatic carbocycles. The quantitative estimate of drug-likeness (QED) is 0.779. The highest BCUT2D eigenvalue weighted by Gasteiger charge is 2.17. The molecule has 2 N–H and O–H groups in total. The standard InChI is InChI=1S/C13H12ClFIN3/c1-6(2)11-10(16)12(17)19-13(18-11)7-4-3-5-8(14)9(7)15/h3-6H,1-2H3,(H2,17,18,19). The predicted molar refractivity (Wildman–Crippen MR) is 83.7 cm³/mol. The second-order valence-electron chi connectivity index (χ2n) is 4.39. The van der Waals surface area contributed by atoms with Crippen LogP contribution in [0.15, 0.2) is 18.2 Å². The highest BCUT2D eigenvalue weighted by atomic mass is 127. The van der Waals surface area contributed by atoms with E-state index in [0.717, 1.165) is 9.26 Å². The van der Waals surface area contributed by atoms with Crippen LogP contribution in [0.3, 0.4) is 0 Å². The van der Waals surface area contributed by atoms with Crippen LogP contribution in [-0.4, -0.2) is 9.97 Å². The minimum atomic E-state index is -0.528. The van der Waals surface area contributed by atoms with Gasteiger partial charge in [-0.3, -0.25) is 0 Å². The lowest BCUT2D eigenvalue weighted by Gasteiger charge is -2.12. The molecule has 0 radical (unpaired) electrons. The molecule has 2 rings (SSSR count). The first-order valence-corrected chi connectivity index (χ1v) is 7.14. The van der Waals surface area contributed by atoms with E-state index in [1.807, 2.05) is 13.8 Å². The van der Waals surface area contributed by atoms with Crippen molar-refractivity contribution < 1.29 is 4.39 Å². The Balaban J connectivity index is 2.67. The molecule has 1 aromatic carbocycles. The molecule has 0 unspecified atom stereocenters. The summed E-state index contributed by atoms with van der Waals surface area (Å²) >= 11 is 7.88. The molecule has 0 spiro atoms. The summed E-state index contributed by atoms with van der Waals surface area (Å²) in [4.78, 5) is 8.56. The number of nitrogen functional groups attached to an aromatic ring is 1. The Morgan fingerprint density at radius 3 is 2.63 bits per heavy atom. The van der Waals surface area contributed by atoms with Gasteiger partial charge in [0.2, 0.25) is 0 Å². The van der Waals surface area contributed by atoms with Gasteiger partial charge in [0, 0.05) is 0 Å². The monoisotopic (exact) mass is 391 g/mol. The SMILES string of the molecule is CC(C)c1nc(-c2cccc(Cl)c2F)nc(N)c1I. The first-order chi connectivity index (χ1) is 8.91. The van der Waals surface area contributed by atoms with Crippen molar-refractivity contribution in [1.29, 1.82) is 0 Å². The Morgan fingerprint density at radius 2 is 2.00 bits per heavy atom. The third kappa shape index (κ3) is 2.81. The minimum absolute atomic E-state index is 0.0457. The zero-order valence-corrected chi connectivity index (χ0v) is 13.3. The summed E-state index contributed by atoms with van der Waals surface area (Å²) in [5, 5.41) is 0.0457. The molecule has 0 amide bonds. The molecule has 3 nitrogen and oxygen atoms in total. The second-order valence-corrected chi connectivity index (χ2v) is 5.87. The molecule has 1 aromatic heterocycles. The number of halogens is 3. The van der Waals surface area contributed by atoms with Gasteiger partial charge in [0.1, 0.15) is 5.82 Å². The fourth-order valence-electron chi connectivity index (χ4n) is 1.66. The molecule has 6 heteroatoms. The van der Waals surface area contributed by atoms with Crippen molar-refractivity contribution in [2.45, 2.75) is 19.8 Å². The Morgan fingerprint density at radius 1 is 1.32 bits per heavy atom. The summed E-state index contributed by atoms with van der Waals surface area (Å²) in [7, 11) is 0. The lowest BCUT2D eigenvalue weighted by atomic mass is 10.1. The van der Waals surface area contributed by atoms with Gasteiger partial charge in [-0.15, -0.1) is 0 Å².